The van der Waals surface area contributed by atoms with Crippen molar-refractivity contribution >= 4 is 21.6 Å². The van der Waals surface area contributed by atoms with Crippen molar-refractivity contribution in [3.05, 3.63) is 101 Å². The second-order valence-electron chi connectivity index (χ2n) is 8.92. The number of nitrogens with two attached hydrogens (primary N) is 1. The molecule has 3 aromatic rings. The molecule has 1 aliphatic heterocycles. The molecule has 8 heteroatoms. The smallest absolute Gasteiger partial charge is 0.294 e. The lowest BCUT2D eigenvalue weighted by molar-refractivity contribution is -0.117. The summed E-state index contributed by atoms with van der Waals surface area (Å²) in [6, 6.07) is 20.3. The van der Waals surface area contributed by atoms with E-state index in [4.69, 9.17) is 15.0 Å². The minimum Gasteiger partial charge on any atom is -0.488 e. The number of carbonyl (C=O) groups excluding carboxylic acids is 1. The molecule has 1 aliphatic rings. The number of rotatable bonds is 6. The zero-order valence-electron chi connectivity index (χ0n) is 20.8. The van der Waals surface area contributed by atoms with Crippen LogP contribution in [-0.4, -0.2) is 44.4 Å². The number of hydrogen-bond acceptors (Lipinski definition) is 5. The van der Waals surface area contributed by atoms with Crippen LogP contribution >= 0.6 is 0 Å². The molecule has 0 unspecified atom stereocenters. The van der Waals surface area contributed by atoms with Crippen molar-refractivity contribution < 1.29 is 22.5 Å². The number of carbonyl (C=O) groups is 1. The molecule has 0 aliphatic carbocycles. The first-order valence-corrected chi connectivity index (χ1v) is 13.0. The first-order chi connectivity index (χ1) is 17.0. The average Bonchev–Trinajstić information content (AvgIpc) is 2.95. The van der Waals surface area contributed by atoms with Gasteiger partial charge in [-0.05, 0) is 79.5 Å². The summed E-state index contributed by atoms with van der Waals surface area (Å²) in [5.41, 5.74) is 11.6. The van der Waals surface area contributed by atoms with Gasteiger partial charge in [-0.3, -0.25) is 9.35 Å². The van der Waals surface area contributed by atoms with Crippen molar-refractivity contribution in [2.24, 2.45) is 5.73 Å². The first-order valence-electron chi connectivity index (χ1n) is 11.6. The standard InChI is InChI=1S/C21H24N2O2.C7H8O3S/c1-23(2)11-5-8-18-17-7-4-3-6-16(17)14-25-20-10-9-15(12-19(18)20)13-21(22)24;1-6-3-2-4-7(5-6)11(8,9)10/h3-4,6-10,12H,5,11,13-14H2,1-2H3,(H2,22,24);2-5H,1H3,(H,8,9,10)/b18-8-;. The molecular weight excluding hydrogens is 476 g/mol. The summed E-state index contributed by atoms with van der Waals surface area (Å²) in [6.45, 7) is 3.28. The Kier molecular flexibility index (Phi) is 9.03. The first kappa shape index (κ1) is 27.1. The molecule has 4 rings (SSSR count). The number of aryl methyl sites for hydroxylation is 1. The fraction of sp³-hybridized carbons (Fsp3) is 0.250. The molecule has 3 N–H and O–H groups in total. The molecule has 0 saturated carbocycles. The molecule has 0 fully saturated rings. The third-order valence-electron chi connectivity index (χ3n) is 5.62. The highest BCUT2D eigenvalue weighted by molar-refractivity contribution is 7.85. The van der Waals surface area contributed by atoms with Gasteiger partial charge < -0.3 is 15.4 Å². The lowest BCUT2D eigenvalue weighted by Crippen LogP contribution is -2.13. The minimum absolute atomic E-state index is 0.0579. The number of benzene rings is 3. The van der Waals surface area contributed by atoms with Gasteiger partial charge in [0.2, 0.25) is 5.91 Å². The summed E-state index contributed by atoms with van der Waals surface area (Å²) in [4.78, 5) is 13.4. The van der Waals surface area contributed by atoms with Crippen LogP contribution in [0, 0.1) is 6.92 Å². The van der Waals surface area contributed by atoms with Crippen LogP contribution in [0.15, 0.2) is 77.7 Å². The number of ether oxygens (including phenoxy) is 1. The van der Waals surface area contributed by atoms with Gasteiger partial charge in [-0.15, -0.1) is 0 Å². The highest BCUT2D eigenvalue weighted by atomic mass is 32.2. The Balaban J connectivity index is 0.000000275. The molecule has 1 heterocycles. The Morgan fingerprint density at radius 2 is 1.81 bits per heavy atom. The van der Waals surface area contributed by atoms with Crippen molar-refractivity contribution in [3.8, 4) is 5.75 Å². The maximum absolute atomic E-state index is 11.3. The van der Waals surface area contributed by atoms with E-state index in [9.17, 15) is 13.2 Å². The number of primary amides is 1. The van der Waals surface area contributed by atoms with Crippen LogP contribution in [0.3, 0.4) is 0 Å². The molecule has 0 aromatic heterocycles. The van der Waals surface area contributed by atoms with Gasteiger partial charge >= 0.3 is 0 Å². The van der Waals surface area contributed by atoms with E-state index in [2.05, 4.69) is 43.3 Å². The highest BCUT2D eigenvalue weighted by Gasteiger charge is 2.19. The number of fused-ring (bicyclic) bond motifs is 2. The van der Waals surface area contributed by atoms with Gasteiger partial charge in [0.25, 0.3) is 10.1 Å². The molecule has 7 nitrogen and oxygen atoms in total. The van der Waals surface area contributed by atoms with Gasteiger partial charge in [-0.2, -0.15) is 8.42 Å². The van der Waals surface area contributed by atoms with Crippen LogP contribution in [0.4, 0.5) is 0 Å². The molecule has 0 saturated heterocycles. The van der Waals surface area contributed by atoms with E-state index in [1.807, 2.05) is 24.3 Å². The molecule has 190 valence electrons. The van der Waals surface area contributed by atoms with Crippen LogP contribution < -0.4 is 10.5 Å². The van der Waals surface area contributed by atoms with Gasteiger partial charge in [-0.1, -0.05) is 48.5 Å². The minimum atomic E-state index is -4.03. The third kappa shape index (κ3) is 7.52. The number of amides is 1. The highest BCUT2D eigenvalue weighted by Crippen LogP contribution is 2.37. The molecule has 0 bridgehead atoms. The third-order valence-corrected chi connectivity index (χ3v) is 6.47. The van der Waals surface area contributed by atoms with Crippen molar-refractivity contribution in [1.82, 2.24) is 4.90 Å². The summed E-state index contributed by atoms with van der Waals surface area (Å²) in [5, 5.41) is 0. The molecule has 0 spiro atoms. The topological polar surface area (TPSA) is 110 Å². The molecule has 1 amide bonds. The Labute approximate surface area is 213 Å². The Morgan fingerprint density at radius 1 is 1.06 bits per heavy atom. The van der Waals surface area contributed by atoms with Gasteiger partial charge in [0.15, 0.2) is 0 Å². The van der Waals surface area contributed by atoms with Gasteiger partial charge in [0.05, 0.1) is 11.3 Å². The number of hydrogen-bond donors (Lipinski definition) is 2. The zero-order chi connectivity index (χ0) is 26.3. The predicted octanol–water partition coefficient (Wildman–Crippen LogP) is 4.23. The molecule has 0 radical (unpaired) electrons. The van der Waals surface area contributed by atoms with Crippen molar-refractivity contribution in [3.63, 3.8) is 0 Å². The largest absolute Gasteiger partial charge is 0.488 e. The summed E-state index contributed by atoms with van der Waals surface area (Å²) < 4.78 is 35.7. The van der Waals surface area contributed by atoms with Crippen molar-refractivity contribution in [2.75, 3.05) is 20.6 Å². The second-order valence-corrected chi connectivity index (χ2v) is 10.3. The predicted molar refractivity (Wildman–Crippen MR) is 141 cm³/mol. The van der Waals surface area contributed by atoms with E-state index >= 15 is 0 Å². The van der Waals surface area contributed by atoms with E-state index in [1.54, 1.807) is 19.1 Å². The molecule has 36 heavy (non-hydrogen) atoms. The fourth-order valence-corrected chi connectivity index (χ4v) is 4.48. The summed E-state index contributed by atoms with van der Waals surface area (Å²) >= 11 is 0. The van der Waals surface area contributed by atoms with E-state index in [0.717, 1.165) is 41.0 Å². The van der Waals surface area contributed by atoms with Gasteiger partial charge in [0.1, 0.15) is 12.4 Å². The second kappa shape index (κ2) is 12.0. The van der Waals surface area contributed by atoms with E-state index in [0.29, 0.717) is 6.61 Å². The zero-order valence-corrected chi connectivity index (χ0v) is 21.6. The molecule has 3 aromatic carbocycles. The van der Waals surface area contributed by atoms with Crippen LogP contribution in [0.5, 0.6) is 5.75 Å². The van der Waals surface area contributed by atoms with Crippen LogP contribution in [-0.2, 0) is 27.9 Å². The van der Waals surface area contributed by atoms with Gasteiger partial charge in [-0.25, -0.2) is 0 Å². The van der Waals surface area contributed by atoms with Crippen molar-refractivity contribution in [2.45, 2.75) is 31.3 Å². The Bertz CT molecular complexity index is 1360. The summed E-state index contributed by atoms with van der Waals surface area (Å²) in [5.74, 6) is 0.522. The SMILES string of the molecule is CN(C)CC/C=C1/c2ccccc2COc2ccc(CC(N)=O)cc21.Cc1cccc(S(=O)(=O)O)c1. The number of nitrogens with zero attached hydrogens (tertiary/aromatic N) is 1. The fourth-order valence-electron chi connectivity index (χ4n) is 3.90. The normalized spacial score (nSPS) is 13.6. The average molecular weight is 509 g/mol. The molecule has 0 atom stereocenters. The maximum Gasteiger partial charge on any atom is 0.294 e. The van der Waals surface area contributed by atoms with Crippen LogP contribution in [0.1, 0.15) is 34.2 Å². The van der Waals surface area contributed by atoms with E-state index in [1.165, 1.54) is 23.3 Å². The quantitative estimate of drug-likeness (QED) is 0.482. The summed E-state index contributed by atoms with van der Waals surface area (Å²) in [7, 11) is 0.117. The Hall–Kier alpha value is -3.46. The lowest BCUT2D eigenvalue weighted by atomic mass is 9.92. The Morgan fingerprint density at radius 3 is 2.44 bits per heavy atom. The van der Waals surface area contributed by atoms with Crippen LogP contribution in [0.2, 0.25) is 0 Å². The van der Waals surface area contributed by atoms with E-state index < -0.39 is 10.1 Å². The van der Waals surface area contributed by atoms with E-state index in [-0.39, 0.29) is 17.2 Å². The molecular formula is C28H32N2O5S. The lowest BCUT2D eigenvalue weighted by Gasteiger charge is -2.13. The summed E-state index contributed by atoms with van der Waals surface area (Å²) in [6.07, 6.45) is 3.44. The van der Waals surface area contributed by atoms with Crippen LogP contribution in [0.25, 0.3) is 5.57 Å². The maximum atomic E-state index is 11.3. The van der Waals surface area contributed by atoms with Crippen molar-refractivity contribution in [1.29, 1.82) is 0 Å². The monoisotopic (exact) mass is 508 g/mol. The van der Waals surface area contributed by atoms with Gasteiger partial charge in [0, 0.05) is 12.1 Å².